The summed E-state index contributed by atoms with van der Waals surface area (Å²) in [4.78, 5) is 32.3. The molecular weight excluding hydrogens is 150 g/mol. The first-order chi connectivity index (χ1) is 5.11. The zero-order chi connectivity index (χ0) is 8.43. The number of ketones is 1. The van der Waals surface area contributed by atoms with Crippen LogP contribution in [0.4, 0.5) is 4.79 Å². The van der Waals surface area contributed by atoms with Gasteiger partial charge in [-0.05, 0) is 0 Å². The van der Waals surface area contributed by atoms with Crippen molar-refractivity contribution in [3.8, 4) is 0 Å². The Morgan fingerprint density at radius 3 is 2.55 bits per heavy atom. The Labute approximate surface area is 62.6 Å². The van der Waals surface area contributed by atoms with Crippen molar-refractivity contribution in [2.24, 2.45) is 0 Å². The van der Waals surface area contributed by atoms with Gasteiger partial charge in [-0.1, -0.05) is 0 Å². The molecule has 0 spiro atoms. The number of likely N-dealkylation sites (tertiary alicyclic amines) is 1. The maximum absolute atomic E-state index is 10.8. The van der Waals surface area contributed by atoms with Crippen molar-refractivity contribution in [1.82, 2.24) is 4.90 Å². The number of carbonyl (C=O) groups excluding carboxylic acids is 2. The number of hydrogen-bond acceptors (Lipinski definition) is 3. The standard InChI is InChI=1S/C6H7NO4/c8-4-1-2-7(6(10)11)5(9)3-4/h1-3H2,(H,10,11). The first kappa shape index (κ1) is 7.71. The zero-order valence-electron chi connectivity index (χ0n) is 5.74. The molecule has 0 saturated carbocycles. The molecule has 1 saturated heterocycles. The minimum absolute atomic E-state index is 0.00694. The smallest absolute Gasteiger partial charge is 0.414 e. The van der Waals surface area contributed by atoms with Gasteiger partial charge in [-0.15, -0.1) is 0 Å². The van der Waals surface area contributed by atoms with Crippen LogP contribution in [0, 0.1) is 0 Å². The van der Waals surface area contributed by atoms with Gasteiger partial charge in [0.05, 0.1) is 6.42 Å². The fraction of sp³-hybridized carbons (Fsp3) is 0.500. The second kappa shape index (κ2) is 2.69. The number of carboxylic acid groups (broad SMARTS) is 1. The third-order valence-electron chi connectivity index (χ3n) is 1.49. The molecule has 0 aromatic carbocycles. The number of carbonyl (C=O) groups is 3. The van der Waals surface area contributed by atoms with Gasteiger partial charge in [0.15, 0.2) is 0 Å². The fourth-order valence-corrected chi connectivity index (χ4v) is 0.916. The van der Waals surface area contributed by atoms with E-state index < -0.39 is 12.0 Å². The van der Waals surface area contributed by atoms with Gasteiger partial charge in [-0.2, -0.15) is 0 Å². The zero-order valence-corrected chi connectivity index (χ0v) is 5.74. The maximum atomic E-state index is 10.8. The van der Waals surface area contributed by atoms with Crippen molar-refractivity contribution in [3.63, 3.8) is 0 Å². The van der Waals surface area contributed by atoms with E-state index >= 15 is 0 Å². The van der Waals surface area contributed by atoms with E-state index in [0.29, 0.717) is 4.90 Å². The Morgan fingerprint density at radius 1 is 1.45 bits per heavy atom. The molecule has 0 aromatic rings. The van der Waals surface area contributed by atoms with Gasteiger partial charge in [0.2, 0.25) is 5.91 Å². The average Bonchev–Trinajstić information content (AvgIpc) is 1.85. The minimum Gasteiger partial charge on any atom is -0.465 e. The minimum atomic E-state index is -1.28. The molecule has 60 valence electrons. The number of piperidine rings is 1. The van der Waals surface area contributed by atoms with Crippen LogP contribution >= 0.6 is 0 Å². The summed E-state index contributed by atoms with van der Waals surface area (Å²) < 4.78 is 0. The van der Waals surface area contributed by atoms with Crippen molar-refractivity contribution in [3.05, 3.63) is 0 Å². The topological polar surface area (TPSA) is 74.7 Å². The summed E-state index contributed by atoms with van der Waals surface area (Å²) >= 11 is 0. The number of hydrogen-bond donors (Lipinski definition) is 1. The molecule has 1 aliphatic rings. The van der Waals surface area contributed by atoms with Crippen LogP contribution in [-0.2, 0) is 9.59 Å². The highest BCUT2D eigenvalue weighted by atomic mass is 16.4. The van der Waals surface area contributed by atoms with Gasteiger partial charge in [0.1, 0.15) is 5.78 Å². The third kappa shape index (κ3) is 1.54. The Kier molecular flexibility index (Phi) is 1.89. The average molecular weight is 157 g/mol. The highest BCUT2D eigenvalue weighted by Crippen LogP contribution is 2.06. The van der Waals surface area contributed by atoms with Crippen LogP contribution in [-0.4, -0.2) is 34.3 Å². The number of nitrogens with zero attached hydrogens (tertiary/aromatic N) is 1. The van der Waals surface area contributed by atoms with Crippen molar-refractivity contribution < 1.29 is 19.5 Å². The van der Waals surface area contributed by atoms with Crippen molar-refractivity contribution in [2.45, 2.75) is 12.8 Å². The molecule has 0 bridgehead atoms. The normalized spacial score (nSPS) is 18.7. The second-order valence-corrected chi connectivity index (χ2v) is 2.29. The number of Topliss-reactive ketones (excluding diaryl/α,β-unsaturated/α-hetero) is 1. The molecule has 0 unspecified atom stereocenters. The van der Waals surface area contributed by atoms with E-state index in [2.05, 4.69) is 0 Å². The van der Waals surface area contributed by atoms with Gasteiger partial charge in [0.25, 0.3) is 0 Å². The van der Waals surface area contributed by atoms with Gasteiger partial charge >= 0.3 is 6.09 Å². The lowest BCUT2D eigenvalue weighted by molar-refractivity contribution is -0.137. The fourth-order valence-electron chi connectivity index (χ4n) is 0.916. The van der Waals surface area contributed by atoms with E-state index in [1.54, 1.807) is 0 Å². The van der Waals surface area contributed by atoms with Crippen LogP contribution in [0.15, 0.2) is 0 Å². The summed E-state index contributed by atoms with van der Waals surface area (Å²) in [5.74, 6) is -0.804. The van der Waals surface area contributed by atoms with Crippen LogP contribution < -0.4 is 0 Å². The molecule has 0 radical (unpaired) electrons. The SMILES string of the molecule is O=C1CCN(C(=O)O)C(=O)C1. The van der Waals surface area contributed by atoms with Crippen molar-refractivity contribution >= 4 is 17.8 Å². The van der Waals surface area contributed by atoms with E-state index in [-0.39, 0.29) is 25.2 Å². The monoisotopic (exact) mass is 157 g/mol. The van der Waals surface area contributed by atoms with E-state index in [0.717, 1.165) is 0 Å². The molecule has 0 atom stereocenters. The molecule has 11 heavy (non-hydrogen) atoms. The summed E-state index contributed by atoms with van der Waals surface area (Å²) in [6.07, 6.45) is -1.40. The van der Waals surface area contributed by atoms with Crippen LogP contribution in [0.5, 0.6) is 0 Å². The van der Waals surface area contributed by atoms with Crippen LogP contribution in [0.25, 0.3) is 0 Å². The van der Waals surface area contributed by atoms with Gasteiger partial charge in [0, 0.05) is 13.0 Å². The lowest BCUT2D eigenvalue weighted by Crippen LogP contribution is -2.42. The Hall–Kier alpha value is -1.39. The van der Waals surface area contributed by atoms with Gasteiger partial charge in [-0.25, -0.2) is 9.69 Å². The summed E-state index contributed by atoms with van der Waals surface area (Å²) in [6.45, 7) is 0.00694. The molecule has 0 aliphatic carbocycles. The van der Waals surface area contributed by atoms with Gasteiger partial charge in [-0.3, -0.25) is 9.59 Å². The van der Waals surface area contributed by atoms with Crippen molar-refractivity contribution in [1.29, 1.82) is 0 Å². The summed E-state index contributed by atoms with van der Waals surface area (Å²) in [7, 11) is 0. The number of imide groups is 1. The Balaban J connectivity index is 2.65. The first-order valence-electron chi connectivity index (χ1n) is 3.16. The molecule has 1 heterocycles. The molecular formula is C6H7NO4. The molecule has 1 rings (SSSR count). The second-order valence-electron chi connectivity index (χ2n) is 2.29. The number of amides is 2. The molecule has 5 nitrogen and oxygen atoms in total. The van der Waals surface area contributed by atoms with E-state index in [4.69, 9.17) is 5.11 Å². The Bertz CT molecular complexity index is 223. The quantitative estimate of drug-likeness (QED) is 0.496. The van der Waals surface area contributed by atoms with Gasteiger partial charge < -0.3 is 5.11 Å². The van der Waals surface area contributed by atoms with Crippen LogP contribution in [0.2, 0.25) is 0 Å². The highest BCUT2D eigenvalue weighted by molar-refractivity contribution is 6.05. The molecule has 1 fully saturated rings. The predicted molar refractivity (Wildman–Crippen MR) is 34.0 cm³/mol. The van der Waals surface area contributed by atoms with Crippen LogP contribution in [0.1, 0.15) is 12.8 Å². The lowest BCUT2D eigenvalue weighted by atomic mass is 10.1. The van der Waals surface area contributed by atoms with E-state index in [1.165, 1.54) is 0 Å². The lowest BCUT2D eigenvalue weighted by Gasteiger charge is -2.20. The van der Waals surface area contributed by atoms with Crippen molar-refractivity contribution in [2.75, 3.05) is 6.54 Å². The number of rotatable bonds is 0. The molecule has 2 amide bonds. The Morgan fingerprint density at radius 2 is 2.09 bits per heavy atom. The summed E-state index contributed by atoms with van der Waals surface area (Å²) in [6, 6.07) is 0. The molecule has 5 heteroatoms. The van der Waals surface area contributed by atoms with E-state index in [1.807, 2.05) is 0 Å². The molecule has 0 aromatic heterocycles. The van der Waals surface area contributed by atoms with Crippen LogP contribution in [0.3, 0.4) is 0 Å². The summed E-state index contributed by atoms with van der Waals surface area (Å²) in [5.41, 5.74) is 0. The maximum Gasteiger partial charge on any atom is 0.414 e. The highest BCUT2D eigenvalue weighted by Gasteiger charge is 2.27. The summed E-state index contributed by atoms with van der Waals surface area (Å²) in [5, 5.41) is 8.39. The molecule has 1 aliphatic heterocycles. The largest absolute Gasteiger partial charge is 0.465 e. The van der Waals surface area contributed by atoms with E-state index in [9.17, 15) is 14.4 Å². The predicted octanol–water partition coefficient (Wildman–Crippen LogP) is -0.144. The molecule has 1 N–H and O–H groups in total. The third-order valence-corrected chi connectivity index (χ3v) is 1.49. The first-order valence-corrected chi connectivity index (χ1v) is 3.16.